The molecule has 0 unspecified atom stereocenters. The number of rotatable bonds is 5. The molecule has 0 atom stereocenters. The molecule has 0 amide bonds. The van der Waals surface area contributed by atoms with Crippen molar-refractivity contribution < 1.29 is 8.42 Å². The van der Waals surface area contributed by atoms with Crippen LogP contribution in [0.4, 0.5) is 0 Å². The Balaban J connectivity index is 2.26. The largest absolute Gasteiger partial charge is 0.327 e. The van der Waals surface area contributed by atoms with Crippen LogP contribution in [-0.4, -0.2) is 26.8 Å². The van der Waals surface area contributed by atoms with Crippen LogP contribution in [0, 0.1) is 0 Å². The summed E-state index contributed by atoms with van der Waals surface area (Å²) in [5.74, 6) is 0. The fourth-order valence-electron chi connectivity index (χ4n) is 0.840. The van der Waals surface area contributed by atoms with Gasteiger partial charge in [-0.05, 0) is 12.8 Å². The highest BCUT2D eigenvalue weighted by molar-refractivity contribution is 7.90. The van der Waals surface area contributed by atoms with E-state index < -0.39 is 10.0 Å². The van der Waals surface area contributed by atoms with Gasteiger partial charge in [0.2, 0.25) is 10.0 Å². The molecule has 0 aromatic rings. The Bertz CT molecular complexity index is 255. The van der Waals surface area contributed by atoms with Crippen LogP contribution in [0.1, 0.15) is 12.8 Å². The van der Waals surface area contributed by atoms with Gasteiger partial charge in [0.1, 0.15) is 0 Å². The summed E-state index contributed by atoms with van der Waals surface area (Å²) < 4.78 is 24.8. The van der Waals surface area contributed by atoms with Crippen LogP contribution >= 0.6 is 0 Å². The predicted molar refractivity (Wildman–Crippen MR) is 48.1 cm³/mol. The van der Waals surface area contributed by atoms with Gasteiger partial charge in [-0.2, -0.15) is 0 Å². The van der Waals surface area contributed by atoms with E-state index >= 15 is 0 Å². The van der Waals surface area contributed by atoms with Gasteiger partial charge in [0.25, 0.3) is 0 Å². The minimum atomic E-state index is -3.01. The molecule has 0 aliphatic heterocycles. The van der Waals surface area contributed by atoms with Crippen LogP contribution in [0.5, 0.6) is 0 Å². The van der Waals surface area contributed by atoms with E-state index in [1.165, 1.54) is 0 Å². The molecule has 0 bridgehead atoms. The highest BCUT2D eigenvalue weighted by Crippen LogP contribution is 2.27. The molecule has 4 nitrogen and oxygen atoms in total. The second-order valence-corrected chi connectivity index (χ2v) is 4.85. The van der Waals surface area contributed by atoms with Gasteiger partial charge in [0.15, 0.2) is 0 Å². The Kier molecular flexibility index (Phi) is 3.25. The van der Waals surface area contributed by atoms with Crippen molar-refractivity contribution >= 4 is 10.0 Å². The molecule has 1 aliphatic carbocycles. The molecule has 0 heterocycles. The topological polar surface area (TPSA) is 72.2 Å². The van der Waals surface area contributed by atoms with E-state index in [4.69, 9.17) is 5.73 Å². The number of sulfonamides is 1. The fourth-order valence-corrected chi connectivity index (χ4v) is 2.16. The van der Waals surface area contributed by atoms with Crippen molar-refractivity contribution in [3.05, 3.63) is 12.2 Å². The van der Waals surface area contributed by atoms with Crippen LogP contribution in [0.3, 0.4) is 0 Å². The van der Waals surface area contributed by atoms with Gasteiger partial charge in [-0.1, -0.05) is 12.2 Å². The molecule has 0 radical (unpaired) electrons. The van der Waals surface area contributed by atoms with Crippen molar-refractivity contribution in [2.75, 3.05) is 13.1 Å². The Labute approximate surface area is 72.9 Å². The van der Waals surface area contributed by atoms with E-state index in [2.05, 4.69) is 4.72 Å². The summed E-state index contributed by atoms with van der Waals surface area (Å²) in [6, 6.07) is 0. The lowest BCUT2D eigenvalue weighted by Crippen LogP contribution is -2.27. The van der Waals surface area contributed by atoms with Crippen molar-refractivity contribution in [1.29, 1.82) is 0 Å². The van der Waals surface area contributed by atoms with Crippen LogP contribution < -0.4 is 10.5 Å². The quantitative estimate of drug-likeness (QED) is 0.578. The van der Waals surface area contributed by atoms with Crippen molar-refractivity contribution in [3.63, 3.8) is 0 Å². The number of nitrogens with two attached hydrogens (primary N) is 1. The lowest BCUT2D eigenvalue weighted by Gasteiger charge is -2.00. The summed E-state index contributed by atoms with van der Waals surface area (Å²) in [7, 11) is -3.01. The second kappa shape index (κ2) is 4.02. The minimum Gasteiger partial charge on any atom is -0.327 e. The second-order valence-electron chi connectivity index (χ2n) is 2.80. The third-order valence-electron chi connectivity index (χ3n) is 1.67. The van der Waals surface area contributed by atoms with Gasteiger partial charge >= 0.3 is 0 Å². The lowest BCUT2D eigenvalue weighted by atomic mass is 10.5. The zero-order valence-corrected chi connectivity index (χ0v) is 7.68. The Morgan fingerprint density at radius 3 is 2.58 bits per heavy atom. The normalized spacial score (nSPS) is 18.8. The van der Waals surface area contributed by atoms with Crippen LogP contribution in [0.15, 0.2) is 12.2 Å². The van der Waals surface area contributed by atoms with Crippen LogP contribution in [0.25, 0.3) is 0 Å². The van der Waals surface area contributed by atoms with Crippen molar-refractivity contribution in [2.45, 2.75) is 18.1 Å². The molecule has 1 saturated carbocycles. The third-order valence-corrected chi connectivity index (χ3v) is 3.59. The summed E-state index contributed by atoms with van der Waals surface area (Å²) in [4.78, 5) is 0. The maximum Gasteiger partial charge on any atom is 0.214 e. The highest BCUT2D eigenvalue weighted by Gasteiger charge is 2.34. The van der Waals surface area contributed by atoms with E-state index in [0.717, 1.165) is 12.8 Å². The molecule has 0 spiro atoms. The molecule has 3 N–H and O–H groups in total. The van der Waals surface area contributed by atoms with Crippen molar-refractivity contribution in [2.24, 2.45) is 5.73 Å². The standard InChI is InChI=1S/C7H14N2O2S/c8-5-1-2-6-9-12(10,11)7-3-4-7/h1-2,7,9H,3-6,8H2/b2-1+. The molecule has 1 aliphatic rings. The zero-order valence-electron chi connectivity index (χ0n) is 6.86. The average Bonchev–Trinajstić information content (AvgIpc) is 2.80. The van der Waals surface area contributed by atoms with Gasteiger partial charge in [-0.25, -0.2) is 13.1 Å². The molecule has 1 fully saturated rings. The molecule has 12 heavy (non-hydrogen) atoms. The van der Waals surface area contributed by atoms with E-state index in [1.807, 2.05) is 0 Å². The monoisotopic (exact) mass is 190 g/mol. The summed E-state index contributed by atoms with van der Waals surface area (Å²) in [6.45, 7) is 0.807. The number of hydrogen-bond acceptors (Lipinski definition) is 3. The first-order chi connectivity index (χ1) is 5.67. The molecular weight excluding hydrogens is 176 g/mol. The SMILES string of the molecule is NC/C=C/CNS(=O)(=O)C1CC1. The van der Waals surface area contributed by atoms with Gasteiger partial charge in [-0.3, -0.25) is 0 Å². The smallest absolute Gasteiger partial charge is 0.214 e. The molecular formula is C7H14N2O2S. The molecule has 0 aromatic heterocycles. The first kappa shape index (κ1) is 9.70. The summed E-state index contributed by atoms with van der Waals surface area (Å²) in [6.07, 6.45) is 5.06. The first-order valence-electron chi connectivity index (χ1n) is 4.00. The zero-order chi connectivity index (χ0) is 9.03. The molecule has 0 aromatic carbocycles. The highest BCUT2D eigenvalue weighted by atomic mass is 32.2. The summed E-state index contributed by atoms with van der Waals surface area (Å²) in [5.41, 5.74) is 5.19. The maximum absolute atomic E-state index is 11.2. The number of hydrogen-bond donors (Lipinski definition) is 2. The van der Waals surface area contributed by atoms with Gasteiger partial charge in [-0.15, -0.1) is 0 Å². The fraction of sp³-hybridized carbons (Fsp3) is 0.714. The third kappa shape index (κ3) is 2.92. The molecule has 70 valence electrons. The first-order valence-corrected chi connectivity index (χ1v) is 5.55. The molecule has 5 heteroatoms. The molecule has 1 rings (SSSR count). The summed E-state index contributed by atoms with van der Waals surface area (Å²) >= 11 is 0. The van der Waals surface area contributed by atoms with Gasteiger partial charge < -0.3 is 5.73 Å². The van der Waals surface area contributed by atoms with Gasteiger partial charge in [0.05, 0.1) is 5.25 Å². The summed E-state index contributed by atoms with van der Waals surface area (Å²) in [5, 5.41) is -0.135. The maximum atomic E-state index is 11.2. The van der Waals surface area contributed by atoms with E-state index in [1.54, 1.807) is 12.2 Å². The van der Waals surface area contributed by atoms with Crippen molar-refractivity contribution in [1.82, 2.24) is 4.72 Å². The van der Waals surface area contributed by atoms with Crippen molar-refractivity contribution in [3.8, 4) is 0 Å². The van der Waals surface area contributed by atoms with E-state index in [0.29, 0.717) is 13.1 Å². The van der Waals surface area contributed by atoms with E-state index in [-0.39, 0.29) is 5.25 Å². The minimum absolute atomic E-state index is 0.135. The van der Waals surface area contributed by atoms with Crippen LogP contribution in [-0.2, 0) is 10.0 Å². The Hall–Kier alpha value is -0.390. The predicted octanol–water partition coefficient (Wildman–Crippen LogP) is -0.417. The van der Waals surface area contributed by atoms with E-state index in [9.17, 15) is 8.42 Å². The van der Waals surface area contributed by atoms with Gasteiger partial charge in [0, 0.05) is 13.1 Å². The Morgan fingerprint density at radius 2 is 2.08 bits per heavy atom. The lowest BCUT2D eigenvalue weighted by molar-refractivity contribution is 0.584. The van der Waals surface area contributed by atoms with Crippen LogP contribution in [0.2, 0.25) is 0 Å². The molecule has 0 saturated heterocycles. The Morgan fingerprint density at radius 1 is 1.42 bits per heavy atom. The number of nitrogens with one attached hydrogen (secondary N) is 1. The average molecular weight is 190 g/mol.